The molecule has 1 N–H and O–H groups in total. The lowest BCUT2D eigenvalue weighted by Crippen LogP contribution is -3.00. The van der Waals surface area contributed by atoms with Crippen molar-refractivity contribution < 1.29 is 17.5 Å². The quantitative estimate of drug-likeness (QED) is 0.408. The summed E-state index contributed by atoms with van der Waals surface area (Å²) in [4.78, 5) is 0. The Morgan fingerprint density at radius 2 is 1.33 bits per heavy atom. The van der Waals surface area contributed by atoms with Gasteiger partial charge in [-0.25, -0.2) is 0 Å². The van der Waals surface area contributed by atoms with Crippen molar-refractivity contribution in [3.63, 3.8) is 0 Å². The van der Waals surface area contributed by atoms with Gasteiger partial charge in [-0.15, -0.1) is 0 Å². The highest BCUT2D eigenvalue weighted by atomic mass is 35.5. The lowest BCUT2D eigenvalue weighted by Gasteiger charge is -2.34. The second-order valence-electron chi connectivity index (χ2n) is 10.2. The van der Waals surface area contributed by atoms with E-state index in [-0.39, 0.29) is 23.9 Å². The molecule has 0 heterocycles. The molecule has 0 aromatic heterocycles. The molecule has 0 bridgehead atoms. The van der Waals surface area contributed by atoms with Gasteiger partial charge in [-0.3, -0.25) is 0 Å². The number of aliphatic hydroxyl groups is 1. The second kappa shape index (κ2) is 12.1. The van der Waals surface area contributed by atoms with Gasteiger partial charge in [0.2, 0.25) is 0 Å². The Bertz CT molecular complexity index is 1170. The van der Waals surface area contributed by atoms with Crippen molar-refractivity contribution in [1.82, 2.24) is 0 Å². The number of aliphatic hydroxyl groups excluding tert-OH is 1. The van der Waals surface area contributed by atoms with Crippen LogP contribution in [0.2, 0.25) is 0 Å². The summed E-state index contributed by atoms with van der Waals surface area (Å²) >= 11 is 0. The van der Waals surface area contributed by atoms with Gasteiger partial charge < -0.3 is 17.5 Å². The summed E-state index contributed by atoms with van der Waals surface area (Å²) in [6.45, 7) is 8.63. The first-order valence-corrected chi connectivity index (χ1v) is 14.4. The van der Waals surface area contributed by atoms with Gasteiger partial charge in [0.1, 0.15) is 23.2 Å². The van der Waals surface area contributed by atoms with E-state index < -0.39 is 7.26 Å². The van der Waals surface area contributed by atoms with Gasteiger partial charge in [0, 0.05) is 11.0 Å². The summed E-state index contributed by atoms with van der Waals surface area (Å²) in [7, 11) is -1.90. The van der Waals surface area contributed by atoms with Crippen molar-refractivity contribution in [2.45, 2.75) is 46.6 Å². The minimum Gasteiger partial charge on any atom is -1.00 e. The summed E-state index contributed by atoms with van der Waals surface area (Å²) in [5.74, 6) is 6.97. The van der Waals surface area contributed by atoms with Gasteiger partial charge in [-0.05, 0) is 74.7 Å². The molecule has 1 nitrogen and oxygen atoms in total. The molecule has 3 aromatic carbocycles. The van der Waals surface area contributed by atoms with E-state index in [9.17, 15) is 5.11 Å². The molecule has 1 aliphatic carbocycles. The molecule has 0 spiro atoms. The molecule has 0 radical (unpaired) electrons. The Kier molecular flexibility index (Phi) is 9.38. The van der Waals surface area contributed by atoms with Gasteiger partial charge in [-0.1, -0.05) is 85.9 Å². The first kappa shape index (κ1) is 28.0. The van der Waals surface area contributed by atoms with Crippen molar-refractivity contribution in [1.29, 1.82) is 0 Å². The maximum absolute atomic E-state index is 10.2. The molecule has 1 atom stereocenters. The summed E-state index contributed by atoms with van der Waals surface area (Å²) in [5.41, 5.74) is 3.41. The normalized spacial score (nSPS) is 17.6. The van der Waals surface area contributed by atoms with E-state index >= 15 is 0 Å². The van der Waals surface area contributed by atoms with Crippen molar-refractivity contribution in [3.05, 3.63) is 114 Å². The zero-order valence-corrected chi connectivity index (χ0v) is 23.4. The predicted molar refractivity (Wildman–Crippen MR) is 153 cm³/mol. The van der Waals surface area contributed by atoms with Crippen LogP contribution in [0, 0.1) is 17.3 Å². The first-order valence-electron chi connectivity index (χ1n) is 12.4. The smallest absolute Gasteiger partial charge is 0.116 e. The molecule has 186 valence electrons. The van der Waals surface area contributed by atoms with Gasteiger partial charge in [0.05, 0.1) is 12.3 Å². The van der Waals surface area contributed by atoms with Crippen LogP contribution in [0.25, 0.3) is 0 Å². The highest BCUT2D eigenvalue weighted by Gasteiger charge is 2.44. The number of halogens is 1. The molecule has 0 saturated carbocycles. The van der Waals surface area contributed by atoms with Crippen molar-refractivity contribution in [3.8, 4) is 11.8 Å². The Morgan fingerprint density at radius 3 is 1.75 bits per heavy atom. The molecule has 4 rings (SSSR count). The zero-order valence-electron chi connectivity index (χ0n) is 21.7. The number of rotatable bonds is 5. The largest absolute Gasteiger partial charge is 1.00 e. The fraction of sp³-hybridized carbons (Fsp3) is 0.273. The molecule has 1 aliphatic rings. The van der Waals surface area contributed by atoms with Crippen molar-refractivity contribution in [2.75, 3.05) is 6.16 Å². The molecule has 0 fully saturated rings. The fourth-order valence-electron chi connectivity index (χ4n) is 5.37. The van der Waals surface area contributed by atoms with Gasteiger partial charge in [0.15, 0.2) is 0 Å². The molecular formula is C33H36ClOP. The molecule has 1 unspecified atom stereocenters. The monoisotopic (exact) mass is 514 g/mol. The zero-order chi connectivity index (χ0) is 24.9. The van der Waals surface area contributed by atoms with E-state index in [0.29, 0.717) is 0 Å². The van der Waals surface area contributed by atoms with E-state index in [1.807, 2.05) is 0 Å². The van der Waals surface area contributed by atoms with Crippen LogP contribution in [0.1, 0.15) is 40.5 Å². The second-order valence-corrected chi connectivity index (χ2v) is 13.8. The van der Waals surface area contributed by atoms with Crippen LogP contribution in [-0.2, 0) is 0 Å². The number of hydrogen-bond acceptors (Lipinski definition) is 1. The van der Waals surface area contributed by atoms with Crippen LogP contribution in [0.15, 0.2) is 114 Å². The van der Waals surface area contributed by atoms with E-state index in [0.717, 1.165) is 24.6 Å². The predicted octanol–water partition coefficient (Wildman–Crippen LogP) is 3.43. The average molecular weight is 515 g/mol. The SMILES string of the molecule is CC1=C(C#C/C(C)=C\C[P+](c2ccccc2)(c2ccccc2)c2ccccc2)C(C)(C)CC(O)C1.[Cl-]. The molecule has 3 heteroatoms. The number of benzene rings is 3. The molecule has 0 aliphatic heterocycles. The van der Waals surface area contributed by atoms with E-state index in [2.05, 4.69) is 137 Å². The summed E-state index contributed by atoms with van der Waals surface area (Å²) < 4.78 is 0. The molecule has 0 amide bonds. The van der Waals surface area contributed by atoms with Crippen LogP contribution in [-0.4, -0.2) is 17.4 Å². The van der Waals surface area contributed by atoms with Crippen LogP contribution >= 0.6 is 7.26 Å². The Morgan fingerprint density at radius 1 is 0.889 bits per heavy atom. The van der Waals surface area contributed by atoms with Crippen molar-refractivity contribution >= 4 is 23.2 Å². The third-order valence-corrected chi connectivity index (χ3v) is 11.3. The standard InChI is InChI=1S/C33H36OP.ClH/c1-26(20-21-32-27(2)24-28(34)25-33(32,3)4)22-23-35(29-14-8-5-9-15-29,30-16-10-6-11-17-30)31-18-12-7-13-19-31;/h5-19,22,28,34H,23-25H2,1-4H3;1H/q+1;/p-1/b26-22-;. The van der Waals surface area contributed by atoms with E-state index in [4.69, 9.17) is 0 Å². The maximum Gasteiger partial charge on any atom is 0.116 e. The molecule has 0 saturated heterocycles. The van der Waals surface area contributed by atoms with Crippen molar-refractivity contribution in [2.24, 2.45) is 5.41 Å². The van der Waals surface area contributed by atoms with Crippen LogP contribution in [0.4, 0.5) is 0 Å². The van der Waals surface area contributed by atoms with Gasteiger partial charge in [0.25, 0.3) is 0 Å². The summed E-state index contributed by atoms with van der Waals surface area (Å²) in [6, 6.07) is 32.9. The van der Waals surface area contributed by atoms with E-state index in [1.54, 1.807) is 0 Å². The topological polar surface area (TPSA) is 20.2 Å². The van der Waals surface area contributed by atoms with Gasteiger partial charge >= 0.3 is 0 Å². The fourth-order valence-corrected chi connectivity index (χ4v) is 9.49. The summed E-state index contributed by atoms with van der Waals surface area (Å²) in [5, 5.41) is 14.4. The average Bonchev–Trinajstić information content (AvgIpc) is 2.85. The molecule has 3 aromatic rings. The highest BCUT2D eigenvalue weighted by Crippen LogP contribution is 2.55. The highest BCUT2D eigenvalue weighted by molar-refractivity contribution is 7.95. The van der Waals surface area contributed by atoms with Crippen LogP contribution in [0.5, 0.6) is 0 Å². The van der Waals surface area contributed by atoms with Gasteiger partial charge in [-0.2, -0.15) is 0 Å². The lowest BCUT2D eigenvalue weighted by molar-refractivity contribution is -0.0000116. The Balaban J connectivity index is 0.00000361. The number of allylic oxidation sites excluding steroid dienone is 3. The minimum absolute atomic E-state index is 0. The molecule has 36 heavy (non-hydrogen) atoms. The third-order valence-electron chi connectivity index (χ3n) is 7.04. The van der Waals surface area contributed by atoms with Crippen LogP contribution < -0.4 is 28.3 Å². The maximum atomic E-state index is 10.2. The van der Waals surface area contributed by atoms with Crippen LogP contribution in [0.3, 0.4) is 0 Å². The third kappa shape index (κ3) is 6.02. The minimum atomic E-state index is -1.90. The summed E-state index contributed by atoms with van der Waals surface area (Å²) in [6.07, 6.45) is 4.49. The van der Waals surface area contributed by atoms with E-state index in [1.165, 1.54) is 27.1 Å². The Labute approximate surface area is 224 Å². The lowest BCUT2D eigenvalue weighted by atomic mass is 9.72. The molecular weight excluding hydrogens is 479 g/mol. The Hall–Kier alpha value is -2.62. The number of hydrogen-bond donors (Lipinski definition) is 1. The first-order chi connectivity index (χ1) is 16.8.